The fraction of sp³-hybridized carbons (Fsp3) is 1.00. The van der Waals surface area contributed by atoms with Crippen molar-refractivity contribution in [3.63, 3.8) is 0 Å². The van der Waals surface area contributed by atoms with Crippen LogP contribution in [0.15, 0.2) is 0 Å². The molecule has 0 bridgehead atoms. The molecule has 0 saturated carbocycles. The van der Waals surface area contributed by atoms with E-state index >= 15 is 0 Å². The number of rotatable bonds is 17. The Morgan fingerprint density at radius 2 is 0.500 bits per heavy atom. The van der Waals surface area contributed by atoms with Gasteiger partial charge in [-0.25, -0.2) is 0 Å². The molecule has 0 aliphatic carbocycles. The predicted molar refractivity (Wildman–Crippen MR) is 158 cm³/mol. The fourth-order valence-electron chi connectivity index (χ4n) is 4.44. The SMILES string of the molecule is C[Si](C)(C)O[Si](C)(CCCCCCCC[Si](C)(O[Si](C)(C)C)O[Si](C)(C)C)O[Si](C)(C)C. The van der Waals surface area contributed by atoms with E-state index in [4.69, 9.17) is 16.5 Å². The van der Waals surface area contributed by atoms with Gasteiger partial charge in [0.2, 0.25) is 0 Å². The number of unbranched alkanes of at least 4 members (excludes halogenated alkanes) is 5. The monoisotopic (exact) mass is 554 g/mol. The summed E-state index contributed by atoms with van der Waals surface area (Å²) in [5.74, 6) is 0. The standard InChI is InChI=1S/C22H58O4Si6/c1-27(2,3)23-31(13,24-28(4,5)6)21-19-17-15-16-18-20-22-32(14,25-29(7,8)9)26-30(10,11)12/h15-22H2,1-14H3. The molecule has 32 heavy (non-hydrogen) atoms. The quantitative estimate of drug-likeness (QED) is 0.133. The van der Waals surface area contributed by atoms with Crippen molar-refractivity contribution in [2.24, 2.45) is 0 Å². The normalized spacial score (nSPS) is 14.8. The Bertz CT molecular complexity index is 453. The van der Waals surface area contributed by atoms with Crippen molar-refractivity contribution < 1.29 is 16.5 Å². The summed E-state index contributed by atoms with van der Waals surface area (Å²) >= 11 is 0. The summed E-state index contributed by atoms with van der Waals surface area (Å²) in [4.78, 5) is 0. The molecule has 0 rings (SSSR count). The topological polar surface area (TPSA) is 36.9 Å². The second kappa shape index (κ2) is 12.9. The van der Waals surface area contributed by atoms with Crippen molar-refractivity contribution in [1.82, 2.24) is 0 Å². The van der Waals surface area contributed by atoms with E-state index in [0.717, 1.165) is 12.1 Å². The third-order valence-electron chi connectivity index (χ3n) is 4.60. The van der Waals surface area contributed by atoms with Gasteiger partial charge in [-0.15, -0.1) is 0 Å². The van der Waals surface area contributed by atoms with Gasteiger partial charge in [-0.05, 0) is 104 Å². The Morgan fingerprint density at radius 3 is 0.688 bits per heavy atom. The first-order valence-electron chi connectivity index (χ1n) is 12.8. The molecule has 0 unspecified atom stereocenters. The van der Waals surface area contributed by atoms with Crippen LogP contribution in [-0.4, -0.2) is 50.4 Å². The largest absolute Gasteiger partial charge is 0.437 e. The van der Waals surface area contributed by atoms with Gasteiger partial charge in [-0.1, -0.05) is 38.5 Å². The smallest absolute Gasteiger partial charge is 0.314 e. The summed E-state index contributed by atoms with van der Waals surface area (Å²) in [6.45, 7) is 32.1. The fourth-order valence-corrected chi connectivity index (χ4v) is 29.7. The van der Waals surface area contributed by atoms with E-state index in [9.17, 15) is 0 Å². The van der Waals surface area contributed by atoms with E-state index in [1.807, 2.05) is 0 Å². The molecule has 0 aliphatic heterocycles. The molecule has 4 nitrogen and oxygen atoms in total. The lowest BCUT2D eigenvalue weighted by atomic mass is 10.1. The van der Waals surface area contributed by atoms with Gasteiger partial charge in [-0.3, -0.25) is 0 Å². The van der Waals surface area contributed by atoms with Crippen molar-refractivity contribution in [2.75, 3.05) is 0 Å². The molecule has 0 aromatic rings. The summed E-state index contributed by atoms with van der Waals surface area (Å²) in [5, 5.41) is 0. The lowest BCUT2D eigenvalue weighted by Gasteiger charge is -2.38. The minimum absolute atomic E-state index is 1.14. The molecule has 0 spiro atoms. The molecule has 0 aromatic carbocycles. The van der Waals surface area contributed by atoms with E-state index in [0.29, 0.717) is 0 Å². The van der Waals surface area contributed by atoms with Crippen LogP contribution in [0, 0.1) is 0 Å². The van der Waals surface area contributed by atoms with Gasteiger partial charge in [0.15, 0.2) is 33.3 Å². The van der Waals surface area contributed by atoms with E-state index < -0.39 is 50.4 Å². The second-order valence-electron chi connectivity index (χ2n) is 13.7. The van der Waals surface area contributed by atoms with Crippen molar-refractivity contribution in [3.05, 3.63) is 0 Å². The summed E-state index contributed by atoms with van der Waals surface area (Å²) in [6, 6.07) is 2.28. The Hall–Kier alpha value is 1.14. The lowest BCUT2D eigenvalue weighted by molar-refractivity contribution is 0.376. The van der Waals surface area contributed by atoms with Gasteiger partial charge in [0.1, 0.15) is 0 Å². The Labute approximate surface area is 208 Å². The van der Waals surface area contributed by atoms with Crippen LogP contribution in [0.1, 0.15) is 38.5 Å². The first kappa shape index (κ1) is 33.1. The van der Waals surface area contributed by atoms with Crippen molar-refractivity contribution in [1.29, 1.82) is 0 Å². The van der Waals surface area contributed by atoms with Crippen LogP contribution in [0.25, 0.3) is 0 Å². The zero-order valence-corrected chi connectivity index (χ0v) is 30.3. The van der Waals surface area contributed by atoms with Gasteiger partial charge in [0, 0.05) is 0 Å². The first-order valence-corrected chi connectivity index (χ1v) is 31.5. The Morgan fingerprint density at radius 1 is 0.312 bits per heavy atom. The summed E-state index contributed by atoms with van der Waals surface area (Å²) in [5.41, 5.74) is 0. The Kier molecular flexibility index (Phi) is 13.4. The van der Waals surface area contributed by atoms with E-state index in [1.54, 1.807) is 0 Å². The third-order valence-corrected chi connectivity index (χ3v) is 23.8. The highest BCUT2D eigenvalue weighted by molar-refractivity contribution is 6.88. The van der Waals surface area contributed by atoms with Crippen molar-refractivity contribution in [3.8, 4) is 0 Å². The number of hydrogen-bond donors (Lipinski definition) is 0. The molecular weight excluding hydrogens is 497 g/mol. The maximum Gasteiger partial charge on any atom is 0.314 e. The van der Waals surface area contributed by atoms with Crippen LogP contribution in [0.5, 0.6) is 0 Å². The van der Waals surface area contributed by atoms with E-state index in [2.05, 4.69) is 91.7 Å². The third kappa shape index (κ3) is 19.4. The lowest BCUT2D eigenvalue weighted by Crippen LogP contribution is -2.52. The first-order chi connectivity index (χ1) is 14.0. The Balaban J connectivity index is 4.46. The van der Waals surface area contributed by atoms with Gasteiger partial charge >= 0.3 is 17.1 Å². The highest BCUT2D eigenvalue weighted by Crippen LogP contribution is 2.28. The van der Waals surface area contributed by atoms with Crippen LogP contribution in [-0.2, 0) is 16.5 Å². The summed E-state index contributed by atoms with van der Waals surface area (Å²) in [6.07, 6.45) is 7.68. The molecular formula is C22H58O4Si6. The zero-order chi connectivity index (χ0) is 25.5. The molecule has 0 aromatic heterocycles. The predicted octanol–water partition coefficient (Wildman–Crippen LogP) is 8.88. The molecule has 0 heterocycles. The van der Waals surface area contributed by atoms with Gasteiger partial charge in [0.25, 0.3) is 0 Å². The molecule has 0 fully saturated rings. The van der Waals surface area contributed by atoms with Crippen LogP contribution in [0.4, 0.5) is 0 Å². The molecule has 0 saturated heterocycles. The minimum atomic E-state index is -2.06. The highest BCUT2D eigenvalue weighted by Gasteiger charge is 2.40. The van der Waals surface area contributed by atoms with Crippen LogP contribution < -0.4 is 0 Å². The number of hydrogen-bond acceptors (Lipinski definition) is 4. The summed E-state index contributed by atoms with van der Waals surface area (Å²) in [7, 11) is -10.5. The molecule has 0 aliphatic rings. The zero-order valence-electron chi connectivity index (χ0n) is 24.3. The average Bonchev–Trinajstić information content (AvgIpc) is 2.41. The highest BCUT2D eigenvalue weighted by atomic mass is 28.5. The maximum absolute atomic E-state index is 6.64. The average molecular weight is 555 g/mol. The van der Waals surface area contributed by atoms with Crippen LogP contribution in [0.2, 0.25) is 104 Å². The van der Waals surface area contributed by atoms with Gasteiger partial charge < -0.3 is 16.5 Å². The maximum atomic E-state index is 6.64. The molecule has 0 atom stereocenters. The van der Waals surface area contributed by atoms with Crippen LogP contribution in [0.3, 0.4) is 0 Å². The van der Waals surface area contributed by atoms with Crippen molar-refractivity contribution >= 4 is 50.4 Å². The minimum Gasteiger partial charge on any atom is -0.437 e. The molecule has 0 radical (unpaired) electrons. The molecule has 0 N–H and O–H groups in total. The van der Waals surface area contributed by atoms with E-state index in [-0.39, 0.29) is 0 Å². The molecule has 194 valence electrons. The molecule has 10 heteroatoms. The van der Waals surface area contributed by atoms with E-state index in [1.165, 1.54) is 38.5 Å². The van der Waals surface area contributed by atoms with Crippen LogP contribution >= 0.6 is 0 Å². The van der Waals surface area contributed by atoms with Crippen molar-refractivity contribution in [2.45, 2.75) is 142 Å². The van der Waals surface area contributed by atoms with Gasteiger partial charge in [-0.2, -0.15) is 0 Å². The van der Waals surface area contributed by atoms with Gasteiger partial charge in [0.05, 0.1) is 0 Å². The molecule has 0 amide bonds. The summed E-state index contributed by atoms with van der Waals surface area (Å²) < 4.78 is 26.5. The second-order valence-corrected chi connectivity index (χ2v) is 39.4.